The van der Waals surface area contributed by atoms with E-state index in [2.05, 4.69) is 26.8 Å². The second kappa shape index (κ2) is 10.3. The second-order valence-corrected chi connectivity index (χ2v) is 6.22. The third kappa shape index (κ3) is 5.29. The second-order valence-electron chi connectivity index (χ2n) is 6.22. The Bertz CT molecular complexity index is 746. The molecule has 0 radical (unpaired) electrons. The van der Waals surface area contributed by atoms with Gasteiger partial charge in [0.25, 0.3) is 6.47 Å². The number of nitrogens with one attached hydrogen (secondary N) is 1. The highest BCUT2D eigenvalue weighted by molar-refractivity contribution is 5.77. The van der Waals surface area contributed by atoms with E-state index in [0.29, 0.717) is 13.0 Å². The Morgan fingerprint density at radius 1 is 1.41 bits per heavy atom. The molecule has 8 heteroatoms. The van der Waals surface area contributed by atoms with Gasteiger partial charge in [0, 0.05) is 51.6 Å². The van der Waals surface area contributed by atoms with Crippen LogP contribution >= 0.6 is 0 Å². The molecule has 2 aromatic heterocycles. The van der Waals surface area contributed by atoms with Crippen molar-refractivity contribution in [1.29, 1.82) is 0 Å². The summed E-state index contributed by atoms with van der Waals surface area (Å²) in [5.41, 5.74) is 1.16. The smallest absolute Gasteiger partial charge is 0.290 e. The molecule has 3 rings (SSSR count). The molecule has 8 nitrogen and oxygen atoms in total. The van der Waals surface area contributed by atoms with Crippen LogP contribution in [0.3, 0.4) is 0 Å². The van der Waals surface area contributed by atoms with Crippen molar-refractivity contribution < 1.29 is 14.7 Å². The summed E-state index contributed by atoms with van der Waals surface area (Å²) < 4.78 is 2.08. The highest BCUT2D eigenvalue weighted by atomic mass is 16.3. The number of carbonyl (C=O) groups is 2. The number of carbonyl (C=O) groups excluding carboxylic acids is 1. The highest BCUT2D eigenvalue weighted by Crippen LogP contribution is 2.33. The van der Waals surface area contributed by atoms with Crippen molar-refractivity contribution in [2.75, 3.05) is 18.9 Å². The number of pyridine rings is 1. The predicted octanol–water partition coefficient (Wildman–Crippen LogP) is 2.34. The average molecular weight is 373 g/mol. The number of rotatable bonds is 6. The van der Waals surface area contributed by atoms with Crippen molar-refractivity contribution in [3.05, 3.63) is 42.1 Å². The molecule has 146 valence electrons. The highest BCUT2D eigenvalue weighted by Gasteiger charge is 2.29. The number of carboxylic acid groups (broad SMARTS) is 1. The number of anilines is 1. The molecule has 27 heavy (non-hydrogen) atoms. The van der Waals surface area contributed by atoms with Crippen molar-refractivity contribution in [3.8, 4) is 0 Å². The molecule has 0 bridgehead atoms. The Hall–Kier alpha value is -2.90. The number of aromatic nitrogens is 3. The summed E-state index contributed by atoms with van der Waals surface area (Å²) in [7, 11) is 1.86. The lowest BCUT2D eigenvalue weighted by molar-refractivity contribution is -0.132. The largest absolute Gasteiger partial charge is 0.483 e. The molecule has 1 atom stereocenters. The Morgan fingerprint density at radius 2 is 2.19 bits per heavy atom. The Morgan fingerprint density at radius 3 is 2.89 bits per heavy atom. The fraction of sp³-hybridized carbons (Fsp3) is 0.474. The zero-order valence-corrected chi connectivity index (χ0v) is 15.8. The van der Waals surface area contributed by atoms with Crippen LogP contribution in [-0.4, -0.2) is 50.5 Å². The molecule has 2 aromatic rings. The van der Waals surface area contributed by atoms with E-state index >= 15 is 0 Å². The zero-order chi connectivity index (χ0) is 19.6. The summed E-state index contributed by atoms with van der Waals surface area (Å²) in [6.07, 6.45) is 9.04. The van der Waals surface area contributed by atoms with Gasteiger partial charge in [-0.1, -0.05) is 6.92 Å². The van der Waals surface area contributed by atoms with Crippen LogP contribution in [-0.2, 0) is 22.6 Å². The molecule has 1 amide bonds. The maximum absolute atomic E-state index is 12.7. The molecule has 0 aliphatic carbocycles. The first-order chi connectivity index (χ1) is 13.1. The number of aryl methyl sites for hydroxylation is 2. The van der Waals surface area contributed by atoms with Gasteiger partial charge in [-0.25, -0.2) is 9.97 Å². The molecule has 3 heterocycles. The van der Waals surface area contributed by atoms with Crippen molar-refractivity contribution in [1.82, 2.24) is 19.4 Å². The maximum atomic E-state index is 12.7. The van der Waals surface area contributed by atoms with E-state index in [-0.39, 0.29) is 18.4 Å². The van der Waals surface area contributed by atoms with Crippen molar-refractivity contribution >= 4 is 18.2 Å². The molecule has 1 unspecified atom stereocenters. The first-order valence-corrected chi connectivity index (χ1v) is 9.15. The summed E-state index contributed by atoms with van der Waals surface area (Å²) in [4.78, 5) is 31.7. The van der Waals surface area contributed by atoms with Crippen molar-refractivity contribution in [2.24, 2.45) is 0 Å². The van der Waals surface area contributed by atoms with Crippen molar-refractivity contribution in [2.45, 2.75) is 45.2 Å². The Balaban J connectivity index is 0.000000817. The van der Waals surface area contributed by atoms with Gasteiger partial charge in [0.1, 0.15) is 11.6 Å². The molecule has 1 aliphatic rings. The quantitative estimate of drug-likeness (QED) is 0.754. The molecule has 1 saturated heterocycles. The van der Waals surface area contributed by atoms with E-state index in [0.717, 1.165) is 43.0 Å². The van der Waals surface area contributed by atoms with Gasteiger partial charge in [-0.05, 0) is 30.5 Å². The number of nitrogens with zero attached hydrogens (tertiary/aromatic N) is 4. The Kier molecular flexibility index (Phi) is 7.79. The topological polar surface area (TPSA) is 100 Å². The summed E-state index contributed by atoms with van der Waals surface area (Å²) in [5, 5.41) is 9.96. The molecular weight excluding hydrogens is 346 g/mol. The van der Waals surface area contributed by atoms with Crippen LogP contribution in [0.25, 0.3) is 0 Å². The Labute approximate surface area is 159 Å². The van der Waals surface area contributed by atoms with E-state index < -0.39 is 0 Å². The normalized spacial score (nSPS) is 15.8. The van der Waals surface area contributed by atoms with Crippen LogP contribution in [0.1, 0.15) is 43.6 Å². The molecule has 0 saturated carbocycles. The van der Waals surface area contributed by atoms with E-state index in [4.69, 9.17) is 9.90 Å². The van der Waals surface area contributed by atoms with Gasteiger partial charge in [0.05, 0.1) is 6.04 Å². The average Bonchev–Trinajstić information content (AvgIpc) is 3.36. The molecule has 0 aromatic carbocycles. The van der Waals surface area contributed by atoms with Gasteiger partial charge < -0.3 is 19.9 Å². The minimum atomic E-state index is -0.250. The summed E-state index contributed by atoms with van der Waals surface area (Å²) >= 11 is 0. The van der Waals surface area contributed by atoms with Crippen LogP contribution in [0.15, 0.2) is 30.7 Å². The first kappa shape index (κ1) is 20.4. The van der Waals surface area contributed by atoms with Gasteiger partial charge in [-0.3, -0.25) is 9.59 Å². The van der Waals surface area contributed by atoms with Gasteiger partial charge in [-0.2, -0.15) is 0 Å². The minimum Gasteiger partial charge on any atom is -0.483 e. The summed E-state index contributed by atoms with van der Waals surface area (Å²) in [6.45, 7) is 3.37. The van der Waals surface area contributed by atoms with E-state index in [1.165, 1.54) is 0 Å². The van der Waals surface area contributed by atoms with Crippen LogP contribution < -0.4 is 5.32 Å². The lowest BCUT2D eigenvalue weighted by Crippen LogP contribution is -2.31. The number of hydrogen-bond acceptors (Lipinski definition) is 5. The van der Waals surface area contributed by atoms with Gasteiger partial charge in [0.2, 0.25) is 5.91 Å². The molecule has 2 N–H and O–H groups in total. The third-order valence-electron chi connectivity index (χ3n) is 4.68. The van der Waals surface area contributed by atoms with Crippen molar-refractivity contribution in [3.63, 3.8) is 0 Å². The predicted molar refractivity (Wildman–Crippen MR) is 102 cm³/mol. The van der Waals surface area contributed by atoms with Crippen LogP contribution in [0.2, 0.25) is 0 Å². The monoisotopic (exact) mass is 373 g/mol. The van der Waals surface area contributed by atoms with Crippen LogP contribution in [0, 0.1) is 0 Å². The van der Waals surface area contributed by atoms with Gasteiger partial charge >= 0.3 is 0 Å². The third-order valence-corrected chi connectivity index (χ3v) is 4.68. The molecule has 0 spiro atoms. The lowest BCUT2D eigenvalue weighted by atomic mass is 10.1. The number of amides is 1. The fourth-order valence-electron chi connectivity index (χ4n) is 3.42. The number of likely N-dealkylation sites (tertiary alicyclic amines) is 1. The molecule has 1 aliphatic heterocycles. The standard InChI is InChI=1S/C18H25N5O.CH2O2/c1-3-17-21-9-12-22(17)11-7-18(24)23-10-4-5-15(23)14-6-8-20-16(13-14)19-2;2-1-3/h6,8-9,12-13,15H,3-5,7,10-11H2,1-2H3,(H,19,20);1H,(H,2,3). The number of imidazole rings is 1. The van der Waals surface area contributed by atoms with Crippen LogP contribution in [0.5, 0.6) is 0 Å². The minimum absolute atomic E-state index is 0.168. The van der Waals surface area contributed by atoms with Gasteiger partial charge in [-0.15, -0.1) is 0 Å². The summed E-state index contributed by atoms with van der Waals surface area (Å²) in [6, 6.07) is 4.23. The fourth-order valence-corrected chi connectivity index (χ4v) is 3.42. The van der Waals surface area contributed by atoms with E-state index in [1.54, 1.807) is 12.4 Å². The zero-order valence-electron chi connectivity index (χ0n) is 15.8. The maximum Gasteiger partial charge on any atom is 0.290 e. The first-order valence-electron chi connectivity index (χ1n) is 9.15. The van der Waals surface area contributed by atoms with E-state index in [9.17, 15) is 4.79 Å². The number of hydrogen-bond donors (Lipinski definition) is 2. The summed E-state index contributed by atoms with van der Waals surface area (Å²) in [5.74, 6) is 2.10. The SMILES string of the molecule is CCc1nccn1CCC(=O)N1CCCC1c1ccnc(NC)c1.O=CO. The molecular formula is C19H27N5O3. The lowest BCUT2D eigenvalue weighted by Gasteiger charge is -2.25. The van der Waals surface area contributed by atoms with Crippen LogP contribution in [0.4, 0.5) is 5.82 Å². The van der Waals surface area contributed by atoms with Gasteiger partial charge in [0.15, 0.2) is 0 Å². The molecule has 1 fully saturated rings. The van der Waals surface area contributed by atoms with E-state index in [1.807, 2.05) is 30.3 Å².